The van der Waals surface area contributed by atoms with Gasteiger partial charge in [0.15, 0.2) is 0 Å². The molecule has 0 aliphatic carbocycles. The first-order valence-corrected chi connectivity index (χ1v) is 9.20. The van der Waals surface area contributed by atoms with E-state index in [-0.39, 0.29) is 12.3 Å². The van der Waals surface area contributed by atoms with E-state index >= 15 is 0 Å². The number of carbonyl (C=O) groups is 6. The number of carboxylic acid groups (broad SMARTS) is 1. The molecule has 0 aromatic rings. The molecule has 170 valence electrons. The summed E-state index contributed by atoms with van der Waals surface area (Å²) in [5.74, 6) is -5.87. The molecule has 0 bridgehead atoms. The molecule has 0 aromatic carbocycles. The highest BCUT2D eigenvalue weighted by molar-refractivity contribution is 5.96. The first-order valence-electron chi connectivity index (χ1n) is 9.20. The minimum Gasteiger partial charge on any atom is -0.480 e. The van der Waals surface area contributed by atoms with Crippen LogP contribution in [0.15, 0.2) is 0 Å². The van der Waals surface area contributed by atoms with Gasteiger partial charge in [0, 0.05) is 0 Å². The molecule has 0 fully saturated rings. The van der Waals surface area contributed by atoms with Gasteiger partial charge in [0.05, 0.1) is 18.9 Å². The summed E-state index contributed by atoms with van der Waals surface area (Å²) in [5, 5.41) is 15.9. The summed E-state index contributed by atoms with van der Waals surface area (Å²) in [6.07, 6.45) is -1.08. The van der Waals surface area contributed by atoms with Crippen LogP contribution in [0.3, 0.4) is 0 Å². The first-order chi connectivity index (χ1) is 13.7. The molecule has 0 saturated heterocycles. The molecule has 0 heterocycles. The number of primary amides is 2. The van der Waals surface area contributed by atoms with Crippen molar-refractivity contribution >= 4 is 35.5 Å². The Bertz CT molecular complexity index is 680. The third kappa shape index (κ3) is 10.4. The van der Waals surface area contributed by atoms with Crippen molar-refractivity contribution in [3.8, 4) is 0 Å². The fourth-order valence-electron chi connectivity index (χ4n) is 2.36. The fraction of sp³-hybridized carbons (Fsp3) is 0.647. The zero-order valence-corrected chi connectivity index (χ0v) is 17.1. The lowest BCUT2D eigenvalue weighted by molar-refractivity contribution is -0.144. The van der Waals surface area contributed by atoms with E-state index < -0.39 is 72.5 Å². The third-order valence-corrected chi connectivity index (χ3v) is 3.81. The normalized spacial score (nSPS) is 14.7. The molecule has 13 nitrogen and oxygen atoms in total. The number of carboxylic acids is 1. The number of aliphatic carboxylic acids is 1. The minimum atomic E-state index is -1.58. The molecular formula is C17H30N6O7. The molecule has 4 unspecified atom stereocenters. The average molecular weight is 430 g/mol. The third-order valence-electron chi connectivity index (χ3n) is 3.81. The molecule has 0 aliphatic heterocycles. The van der Waals surface area contributed by atoms with Gasteiger partial charge < -0.3 is 38.3 Å². The van der Waals surface area contributed by atoms with Crippen molar-refractivity contribution in [1.82, 2.24) is 16.0 Å². The molecule has 0 radical (unpaired) electrons. The lowest BCUT2D eigenvalue weighted by Crippen LogP contribution is -2.58. The number of hydrogen-bond donors (Lipinski definition) is 7. The van der Waals surface area contributed by atoms with Crippen molar-refractivity contribution < 1.29 is 33.9 Å². The second-order valence-corrected chi connectivity index (χ2v) is 7.28. The summed E-state index contributed by atoms with van der Waals surface area (Å²) >= 11 is 0. The Morgan fingerprint density at radius 1 is 0.733 bits per heavy atom. The molecule has 0 rings (SSSR count). The largest absolute Gasteiger partial charge is 0.480 e. The second kappa shape index (κ2) is 12.4. The van der Waals surface area contributed by atoms with Crippen LogP contribution in [-0.2, 0) is 28.8 Å². The summed E-state index contributed by atoms with van der Waals surface area (Å²) in [5.41, 5.74) is 15.5. The van der Waals surface area contributed by atoms with Crippen LogP contribution in [0.2, 0.25) is 0 Å². The van der Waals surface area contributed by atoms with E-state index in [1.807, 2.05) is 0 Å². The van der Waals surface area contributed by atoms with Crippen molar-refractivity contribution in [3.05, 3.63) is 0 Å². The fourth-order valence-corrected chi connectivity index (χ4v) is 2.36. The van der Waals surface area contributed by atoms with Gasteiger partial charge >= 0.3 is 5.97 Å². The zero-order chi connectivity index (χ0) is 23.6. The summed E-state index contributed by atoms with van der Waals surface area (Å²) in [4.78, 5) is 70.4. The molecule has 13 heteroatoms. The smallest absolute Gasteiger partial charge is 0.326 e. The predicted molar refractivity (Wildman–Crippen MR) is 104 cm³/mol. The van der Waals surface area contributed by atoms with Crippen LogP contribution in [0.25, 0.3) is 0 Å². The van der Waals surface area contributed by atoms with E-state index in [9.17, 15) is 28.8 Å². The lowest BCUT2D eigenvalue weighted by atomic mass is 10.0. The summed E-state index contributed by atoms with van der Waals surface area (Å²) < 4.78 is 0. The average Bonchev–Trinajstić information content (AvgIpc) is 2.58. The molecule has 5 amide bonds. The van der Waals surface area contributed by atoms with E-state index in [0.717, 1.165) is 0 Å². The van der Waals surface area contributed by atoms with E-state index in [4.69, 9.17) is 22.3 Å². The van der Waals surface area contributed by atoms with Crippen molar-refractivity contribution in [2.75, 3.05) is 0 Å². The summed E-state index contributed by atoms with van der Waals surface area (Å²) in [6, 6.07) is -5.15. The van der Waals surface area contributed by atoms with Crippen LogP contribution in [0, 0.1) is 5.92 Å². The Morgan fingerprint density at radius 3 is 1.53 bits per heavy atom. The maximum Gasteiger partial charge on any atom is 0.326 e. The number of rotatable bonds is 13. The minimum absolute atomic E-state index is 0.102. The standard InChI is InChI=1S/C17H30N6O7/c1-7(2)4-9(15(27)23-11(17(29)30)6-13(20)25)22-16(28)10(5-12(19)24)21-14(26)8(3)18/h7-11H,4-6,18H2,1-3H3,(H2,19,24)(H2,20,25)(H,21,26)(H,22,28)(H,23,27)(H,29,30). The Hall–Kier alpha value is -3.22. The molecule has 30 heavy (non-hydrogen) atoms. The molecule has 0 aliphatic rings. The van der Waals surface area contributed by atoms with E-state index in [1.54, 1.807) is 13.8 Å². The Balaban J connectivity index is 5.47. The van der Waals surface area contributed by atoms with Gasteiger partial charge in [-0.05, 0) is 19.3 Å². The Labute approximate surface area is 173 Å². The molecule has 0 aromatic heterocycles. The maximum atomic E-state index is 12.6. The quantitative estimate of drug-likeness (QED) is 0.155. The van der Waals surface area contributed by atoms with Gasteiger partial charge in [-0.25, -0.2) is 4.79 Å². The van der Waals surface area contributed by atoms with Gasteiger partial charge in [-0.15, -0.1) is 0 Å². The molecular weight excluding hydrogens is 400 g/mol. The SMILES string of the molecule is CC(C)CC(NC(=O)C(CC(N)=O)NC(=O)C(C)N)C(=O)NC(CC(N)=O)C(=O)O. The van der Waals surface area contributed by atoms with Gasteiger partial charge in [0.25, 0.3) is 0 Å². The van der Waals surface area contributed by atoms with Gasteiger partial charge in [-0.1, -0.05) is 13.8 Å². The number of carbonyl (C=O) groups excluding carboxylic acids is 5. The Morgan fingerprint density at radius 2 is 1.13 bits per heavy atom. The van der Waals surface area contributed by atoms with Gasteiger partial charge in [-0.3, -0.25) is 24.0 Å². The van der Waals surface area contributed by atoms with Crippen molar-refractivity contribution in [1.29, 1.82) is 0 Å². The van der Waals surface area contributed by atoms with E-state index in [2.05, 4.69) is 16.0 Å². The second-order valence-electron chi connectivity index (χ2n) is 7.28. The highest BCUT2D eigenvalue weighted by Gasteiger charge is 2.31. The molecule has 4 atom stereocenters. The topological polar surface area (TPSA) is 237 Å². The van der Waals surface area contributed by atoms with Crippen LogP contribution >= 0.6 is 0 Å². The zero-order valence-electron chi connectivity index (χ0n) is 17.1. The first kappa shape index (κ1) is 26.8. The molecule has 0 spiro atoms. The highest BCUT2D eigenvalue weighted by Crippen LogP contribution is 2.07. The van der Waals surface area contributed by atoms with Crippen molar-refractivity contribution in [2.45, 2.75) is 64.2 Å². The van der Waals surface area contributed by atoms with E-state index in [1.165, 1.54) is 6.92 Å². The van der Waals surface area contributed by atoms with Crippen LogP contribution < -0.4 is 33.2 Å². The monoisotopic (exact) mass is 430 g/mol. The summed E-state index contributed by atoms with van der Waals surface area (Å²) in [7, 11) is 0. The number of nitrogens with two attached hydrogens (primary N) is 3. The maximum absolute atomic E-state index is 12.6. The number of hydrogen-bond acceptors (Lipinski definition) is 7. The predicted octanol–water partition coefficient (Wildman–Crippen LogP) is -3.33. The lowest BCUT2D eigenvalue weighted by Gasteiger charge is -2.25. The van der Waals surface area contributed by atoms with Crippen LogP contribution in [0.1, 0.15) is 40.0 Å². The van der Waals surface area contributed by atoms with Crippen molar-refractivity contribution in [2.24, 2.45) is 23.1 Å². The van der Waals surface area contributed by atoms with Gasteiger partial charge in [0.1, 0.15) is 18.1 Å². The number of nitrogens with one attached hydrogen (secondary N) is 3. The van der Waals surface area contributed by atoms with Crippen molar-refractivity contribution in [3.63, 3.8) is 0 Å². The Kier molecular flexibility index (Phi) is 11.0. The van der Waals surface area contributed by atoms with Gasteiger partial charge in [0.2, 0.25) is 29.5 Å². The van der Waals surface area contributed by atoms with Crippen LogP contribution in [0.4, 0.5) is 0 Å². The number of amides is 5. The summed E-state index contributed by atoms with van der Waals surface area (Å²) in [6.45, 7) is 4.88. The van der Waals surface area contributed by atoms with E-state index in [0.29, 0.717) is 0 Å². The van der Waals surface area contributed by atoms with Crippen LogP contribution in [0.5, 0.6) is 0 Å². The molecule has 10 N–H and O–H groups in total. The highest BCUT2D eigenvalue weighted by atomic mass is 16.4. The molecule has 0 saturated carbocycles. The van der Waals surface area contributed by atoms with Gasteiger partial charge in [-0.2, -0.15) is 0 Å². The van der Waals surface area contributed by atoms with Crippen LogP contribution in [-0.4, -0.2) is 64.8 Å².